The molecule has 0 bridgehead atoms. The highest BCUT2D eigenvalue weighted by Crippen LogP contribution is 2.34. The Labute approximate surface area is 206 Å². The Morgan fingerprint density at radius 2 is 1.91 bits per heavy atom. The van der Waals surface area contributed by atoms with E-state index in [0.717, 1.165) is 60.6 Å². The molecule has 184 valence electrons. The maximum absolute atomic E-state index is 13.8. The molecule has 1 aromatic carbocycles. The first-order valence-corrected chi connectivity index (χ1v) is 12.6. The van der Waals surface area contributed by atoms with Crippen LogP contribution in [-0.2, 0) is 4.79 Å². The molecule has 2 amide bonds. The number of nitrogens with one attached hydrogen (secondary N) is 1. The minimum atomic E-state index is -0.192. The van der Waals surface area contributed by atoms with Gasteiger partial charge >= 0.3 is 0 Å². The number of carbonyl (C=O) groups is 2. The normalized spacial score (nSPS) is 20.5. The Bertz CT molecular complexity index is 1280. The highest BCUT2D eigenvalue weighted by Gasteiger charge is 2.32. The van der Waals surface area contributed by atoms with E-state index in [2.05, 4.69) is 30.3 Å². The molecule has 0 spiro atoms. The summed E-state index contributed by atoms with van der Waals surface area (Å²) in [6, 6.07) is 7.48. The molecule has 2 saturated heterocycles. The van der Waals surface area contributed by atoms with Gasteiger partial charge < -0.3 is 15.1 Å². The van der Waals surface area contributed by atoms with Crippen LogP contribution in [0.4, 0.5) is 11.5 Å². The van der Waals surface area contributed by atoms with Gasteiger partial charge in [-0.15, -0.1) is 0 Å². The van der Waals surface area contributed by atoms with Crippen molar-refractivity contribution in [3.63, 3.8) is 0 Å². The zero-order valence-electron chi connectivity index (χ0n) is 21.0. The summed E-state index contributed by atoms with van der Waals surface area (Å²) in [5, 5.41) is 7.68. The summed E-state index contributed by atoms with van der Waals surface area (Å²) in [5.41, 5.74) is 4.84. The lowest BCUT2D eigenvalue weighted by atomic mass is 9.97. The molecule has 2 atom stereocenters. The summed E-state index contributed by atoms with van der Waals surface area (Å²) >= 11 is 0. The predicted octanol–water partition coefficient (Wildman–Crippen LogP) is 4.52. The highest BCUT2D eigenvalue weighted by atomic mass is 16.2. The molecule has 4 heterocycles. The van der Waals surface area contributed by atoms with Crippen molar-refractivity contribution in [3.05, 3.63) is 52.8 Å². The van der Waals surface area contributed by atoms with Crippen LogP contribution in [0.3, 0.4) is 0 Å². The topological polar surface area (TPSA) is 82.8 Å². The number of anilines is 2. The van der Waals surface area contributed by atoms with Crippen LogP contribution in [0.15, 0.2) is 30.5 Å². The van der Waals surface area contributed by atoms with E-state index >= 15 is 0 Å². The van der Waals surface area contributed by atoms with Gasteiger partial charge in [-0.1, -0.05) is 18.6 Å². The van der Waals surface area contributed by atoms with Gasteiger partial charge in [0.15, 0.2) is 5.65 Å². The van der Waals surface area contributed by atoms with E-state index in [1.807, 2.05) is 34.5 Å². The maximum atomic E-state index is 13.8. The van der Waals surface area contributed by atoms with E-state index in [0.29, 0.717) is 23.7 Å². The van der Waals surface area contributed by atoms with E-state index in [1.54, 1.807) is 6.07 Å². The van der Waals surface area contributed by atoms with E-state index in [4.69, 9.17) is 10.1 Å². The molecule has 0 aliphatic carbocycles. The number of hydrogen-bond acceptors (Lipinski definition) is 5. The van der Waals surface area contributed by atoms with Crippen LogP contribution in [0.1, 0.15) is 72.8 Å². The van der Waals surface area contributed by atoms with Crippen LogP contribution in [0.5, 0.6) is 0 Å². The summed E-state index contributed by atoms with van der Waals surface area (Å²) in [5.74, 6) is 1.45. The Morgan fingerprint density at radius 1 is 1.09 bits per heavy atom. The first-order chi connectivity index (χ1) is 16.8. The van der Waals surface area contributed by atoms with Crippen molar-refractivity contribution in [2.75, 3.05) is 29.9 Å². The zero-order chi connectivity index (χ0) is 24.7. The minimum Gasteiger partial charge on any atom is -0.356 e. The molecule has 0 unspecified atom stereocenters. The molecule has 2 aliphatic heterocycles. The summed E-state index contributed by atoms with van der Waals surface area (Å²) < 4.78 is 1.85. The average molecular weight is 475 g/mol. The molecule has 5 rings (SSSR count). The minimum absolute atomic E-state index is 0.0740. The van der Waals surface area contributed by atoms with Crippen molar-refractivity contribution < 1.29 is 9.59 Å². The Kier molecular flexibility index (Phi) is 6.21. The second kappa shape index (κ2) is 9.32. The number of likely N-dealkylation sites (tertiary alicyclic amines) is 1. The second-order valence-corrected chi connectivity index (χ2v) is 10.2. The van der Waals surface area contributed by atoms with Crippen molar-refractivity contribution in [2.24, 2.45) is 5.92 Å². The third-order valence-corrected chi connectivity index (χ3v) is 7.17. The Balaban J connectivity index is 1.48. The highest BCUT2D eigenvalue weighted by molar-refractivity contribution is 6.03. The van der Waals surface area contributed by atoms with Gasteiger partial charge in [0.05, 0.1) is 23.0 Å². The maximum Gasteiger partial charge on any atom is 0.256 e. The van der Waals surface area contributed by atoms with E-state index in [-0.39, 0.29) is 17.9 Å². The fraction of sp³-hybridized carbons (Fsp3) is 0.481. The fourth-order valence-corrected chi connectivity index (χ4v) is 5.40. The quantitative estimate of drug-likeness (QED) is 0.601. The van der Waals surface area contributed by atoms with Gasteiger partial charge in [0, 0.05) is 44.4 Å². The molecule has 1 N–H and O–H groups in total. The standard InChI is InChI=1S/C27H34N6O2/c1-17-8-9-22(28-20(4)34)21(13-17)27(35)32-11-6-5-7-24(32)23-14-25-29-26(19(3)16-33(25)30-23)31-12-10-18(2)15-31/h8-9,13-14,16,18,24H,5-7,10-12,15H2,1-4H3,(H,28,34)/t18-,24-/m0/s1. The molecule has 2 fully saturated rings. The number of nitrogens with zero attached hydrogens (tertiary/aromatic N) is 5. The molecule has 3 aromatic rings. The lowest BCUT2D eigenvalue weighted by Gasteiger charge is -2.35. The molecule has 2 aliphatic rings. The lowest BCUT2D eigenvalue weighted by Crippen LogP contribution is -2.39. The third-order valence-electron chi connectivity index (χ3n) is 7.17. The molecule has 35 heavy (non-hydrogen) atoms. The third kappa shape index (κ3) is 4.61. The number of rotatable bonds is 4. The number of hydrogen-bond donors (Lipinski definition) is 1. The van der Waals surface area contributed by atoms with Gasteiger partial charge in [0.25, 0.3) is 5.91 Å². The summed E-state index contributed by atoms with van der Waals surface area (Å²) in [6.45, 7) is 10.5. The first kappa shape index (κ1) is 23.3. The van der Waals surface area contributed by atoms with Crippen LogP contribution >= 0.6 is 0 Å². The molecule has 0 radical (unpaired) electrons. The number of amides is 2. The SMILES string of the molecule is CC(=O)Nc1ccc(C)cc1C(=O)N1CCCC[C@H]1c1cc2nc(N3CC[C@H](C)C3)c(C)cn2n1. The number of aryl methyl sites for hydroxylation is 2. The molecular formula is C27H34N6O2. The number of piperidine rings is 1. The Hall–Kier alpha value is -3.42. The summed E-state index contributed by atoms with van der Waals surface area (Å²) in [4.78, 5) is 34.8. The van der Waals surface area contributed by atoms with Gasteiger partial charge in [0.1, 0.15) is 5.82 Å². The molecular weight excluding hydrogens is 440 g/mol. The number of carbonyl (C=O) groups excluding carboxylic acids is 2. The van der Waals surface area contributed by atoms with Gasteiger partial charge in [-0.25, -0.2) is 9.50 Å². The van der Waals surface area contributed by atoms with Crippen molar-refractivity contribution in [3.8, 4) is 0 Å². The fourth-order valence-electron chi connectivity index (χ4n) is 5.40. The van der Waals surface area contributed by atoms with Crippen molar-refractivity contribution >= 4 is 29.0 Å². The lowest BCUT2D eigenvalue weighted by molar-refractivity contribution is -0.114. The largest absolute Gasteiger partial charge is 0.356 e. The molecule has 2 aromatic heterocycles. The molecule has 8 heteroatoms. The van der Waals surface area contributed by atoms with E-state index in [9.17, 15) is 9.59 Å². The smallest absolute Gasteiger partial charge is 0.256 e. The second-order valence-electron chi connectivity index (χ2n) is 10.2. The molecule has 0 saturated carbocycles. The van der Waals surface area contributed by atoms with Crippen molar-refractivity contribution in [1.29, 1.82) is 0 Å². The van der Waals surface area contributed by atoms with Gasteiger partial charge in [-0.2, -0.15) is 5.10 Å². The van der Waals surface area contributed by atoms with Crippen LogP contribution in [0, 0.1) is 19.8 Å². The van der Waals surface area contributed by atoms with Gasteiger partial charge in [-0.3, -0.25) is 9.59 Å². The summed E-state index contributed by atoms with van der Waals surface area (Å²) in [6.07, 6.45) is 6.08. The Morgan fingerprint density at radius 3 is 2.66 bits per heavy atom. The zero-order valence-corrected chi connectivity index (χ0v) is 21.0. The van der Waals surface area contributed by atoms with Crippen LogP contribution in [0.25, 0.3) is 5.65 Å². The number of aromatic nitrogens is 3. The van der Waals surface area contributed by atoms with Crippen LogP contribution in [0.2, 0.25) is 0 Å². The van der Waals surface area contributed by atoms with E-state index < -0.39 is 0 Å². The average Bonchev–Trinajstić information content (AvgIpc) is 3.44. The number of fused-ring (bicyclic) bond motifs is 1. The monoisotopic (exact) mass is 474 g/mol. The number of benzene rings is 1. The van der Waals surface area contributed by atoms with Gasteiger partial charge in [-0.05, 0) is 57.6 Å². The molecule has 8 nitrogen and oxygen atoms in total. The predicted molar refractivity (Wildman–Crippen MR) is 137 cm³/mol. The van der Waals surface area contributed by atoms with Crippen molar-refractivity contribution in [1.82, 2.24) is 19.5 Å². The van der Waals surface area contributed by atoms with Crippen molar-refractivity contribution in [2.45, 2.75) is 59.4 Å². The summed E-state index contributed by atoms with van der Waals surface area (Å²) in [7, 11) is 0. The van der Waals surface area contributed by atoms with Crippen LogP contribution < -0.4 is 10.2 Å². The van der Waals surface area contributed by atoms with E-state index in [1.165, 1.54) is 13.3 Å². The van der Waals surface area contributed by atoms with Crippen LogP contribution in [-0.4, -0.2) is 50.9 Å². The van der Waals surface area contributed by atoms with Gasteiger partial charge in [0.2, 0.25) is 5.91 Å². The first-order valence-electron chi connectivity index (χ1n) is 12.6.